The highest BCUT2D eigenvalue weighted by atomic mass is 16.6. The van der Waals surface area contributed by atoms with Gasteiger partial charge in [-0.05, 0) is 73.7 Å². The molecule has 0 aliphatic heterocycles. The molecular weight excluding hydrogens is 516 g/mol. The SMILES string of the molecule is CCCCCC(=CC(O)OC)c1ccc(-n2cncn2)c(-c2nc3cc(-c4cnc(N)nc4)ccc3n2C(C)C)c1. The summed E-state index contributed by atoms with van der Waals surface area (Å²) in [5.41, 5.74) is 13.2. The molecule has 0 radical (unpaired) electrons. The second-order valence-electron chi connectivity index (χ2n) is 10.3. The molecular formula is C31H36N8O2. The smallest absolute Gasteiger partial charge is 0.219 e. The average Bonchev–Trinajstić information content (AvgIpc) is 3.65. The first-order chi connectivity index (χ1) is 19.9. The average molecular weight is 553 g/mol. The van der Waals surface area contributed by atoms with Crippen LogP contribution in [0.15, 0.2) is 67.5 Å². The van der Waals surface area contributed by atoms with E-state index >= 15 is 0 Å². The Morgan fingerprint density at radius 2 is 1.88 bits per heavy atom. The third kappa shape index (κ3) is 6.03. The summed E-state index contributed by atoms with van der Waals surface area (Å²) in [7, 11) is 1.50. The fraction of sp³-hybridized carbons (Fsp3) is 0.323. The first kappa shape index (κ1) is 28.1. The zero-order valence-electron chi connectivity index (χ0n) is 23.9. The summed E-state index contributed by atoms with van der Waals surface area (Å²) in [5.74, 6) is 1.05. The zero-order chi connectivity index (χ0) is 28.9. The molecule has 10 heteroatoms. The van der Waals surface area contributed by atoms with Gasteiger partial charge in [-0.15, -0.1) is 0 Å². The van der Waals surface area contributed by atoms with Crippen molar-refractivity contribution in [3.8, 4) is 28.2 Å². The molecule has 0 bridgehead atoms. The maximum atomic E-state index is 10.3. The molecule has 212 valence electrons. The minimum Gasteiger partial charge on any atom is -0.368 e. The number of benzene rings is 2. The second kappa shape index (κ2) is 12.4. The normalized spacial score (nSPS) is 12.9. The van der Waals surface area contributed by atoms with Gasteiger partial charge in [0.15, 0.2) is 6.29 Å². The zero-order valence-corrected chi connectivity index (χ0v) is 23.9. The van der Waals surface area contributed by atoms with Gasteiger partial charge < -0.3 is 20.1 Å². The summed E-state index contributed by atoms with van der Waals surface area (Å²) in [4.78, 5) is 17.7. The van der Waals surface area contributed by atoms with Crippen LogP contribution in [0.5, 0.6) is 0 Å². The number of imidazole rings is 1. The molecule has 0 saturated carbocycles. The molecule has 0 aliphatic carbocycles. The molecule has 0 fully saturated rings. The number of anilines is 1. The number of nitrogens with two attached hydrogens (primary N) is 1. The number of aliphatic hydroxyl groups excluding tert-OH is 1. The number of methoxy groups -OCH3 is 1. The Morgan fingerprint density at radius 3 is 2.56 bits per heavy atom. The molecule has 0 aliphatic rings. The van der Waals surface area contributed by atoms with E-state index in [0.717, 1.165) is 76.1 Å². The number of hydrogen-bond acceptors (Lipinski definition) is 8. The van der Waals surface area contributed by atoms with Crippen molar-refractivity contribution in [3.05, 3.63) is 73.1 Å². The van der Waals surface area contributed by atoms with Gasteiger partial charge in [0.2, 0.25) is 5.95 Å². The Balaban J connectivity index is 1.70. The van der Waals surface area contributed by atoms with Crippen LogP contribution in [0.4, 0.5) is 5.95 Å². The summed E-state index contributed by atoms with van der Waals surface area (Å²) >= 11 is 0. The number of aromatic nitrogens is 7. The summed E-state index contributed by atoms with van der Waals surface area (Å²) < 4.78 is 9.17. The van der Waals surface area contributed by atoms with Gasteiger partial charge in [0.1, 0.15) is 18.5 Å². The number of aliphatic hydroxyl groups is 1. The van der Waals surface area contributed by atoms with Crippen LogP contribution in [-0.2, 0) is 4.74 Å². The van der Waals surface area contributed by atoms with E-state index in [-0.39, 0.29) is 12.0 Å². The van der Waals surface area contributed by atoms with Crippen LogP contribution >= 0.6 is 0 Å². The highest BCUT2D eigenvalue weighted by Gasteiger charge is 2.21. The van der Waals surface area contributed by atoms with Crippen molar-refractivity contribution in [1.82, 2.24) is 34.3 Å². The van der Waals surface area contributed by atoms with Crippen LogP contribution in [0.2, 0.25) is 0 Å². The van der Waals surface area contributed by atoms with Gasteiger partial charge in [0, 0.05) is 36.7 Å². The van der Waals surface area contributed by atoms with Gasteiger partial charge in [0.05, 0.1) is 16.7 Å². The molecule has 2 aromatic carbocycles. The number of ether oxygens (including phenoxy) is 1. The van der Waals surface area contributed by atoms with Crippen LogP contribution in [0.1, 0.15) is 58.1 Å². The molecule has 5 aromatic rings. The van der Waals surface area contributed by atoms with Gasteiger partial charge >= 0.3 is 0 Å². The second-order valence-corrected chi connectivity index (χ2v) is 10.3. The number of nitrogens with zero attached hydrogens (tertiary/aromatic N) is 7. The van der Waals surface area contributed by atoms with E-state index in [2.05, 4.69) is 75.7 Å². The molecule has 10 nitrogen and oxygen atoms in total. The number of hydrogen-bond donors (Lipinski definition) is 2. The Labute approximate surface area is 239 Å². The first-order valence-corrected chi connectivity index (χ1v) is 13.9. The third-order valence-corrected chi connectivity index (χ3v) is 7.12. The van der Waals surface area contributed by atoms with Gasteiger partial charge in [0.25, 0.3) is 0 Å². The molecule has 0 amide bonds. The summed E-state index contributed by atoms with van der Waals surface area (Å²) in [6.07, 6.45) is 11.5. The quantitative estimate of drug-likeness (QED) is 0.155. The van der Waals surface area contributed by atoms with Crippen molar-refractivity contribution >= 4 is 22.6 Å². The molecule has 1 atom stereocenters. The largest absolute Gasteiger partial charge is 0.368 e. The molecule has 0 saturated heterocycles. The Morgan fingerprint density at radius 1 is 1.07 bits per heavy atom. The fourth-order valence-corrected chi connectivity index (χ4v) is 5.05. The van der Waals surface area contributed by atoms with Gasteiger partial charge in [-0.1, -0.05) is 31.9 Å². The lowest BCUT2D eigenvalue weighted by molar-refractivity contribution is -0.0353. The number of unbranched alkanes of at least 4 members (excludes halogenated alkanes) is 2. The van der Waals surface area contributed by atoms with E-state index in [9.17, 15) is 5.11 Å². The Bertz CT molecular complexity index is 1640. The van der Waals surface area contributed by atoms with Crippen LogP contribution in [0.25, 0.3) is 44.8 Å². The maximum Gasteiger partial charge on any atom is 0.219 e. The van der Waals surface area contributed by atoms with Crippen LogP contribution in [0.3, 0.4) is 0 Å². The minimum absolute atomic E-state index is 0.128. The summed E-state index contributed by atoms with van der Waals surface area (Å²) in [6, 6.07) is 12.5. The predicted octanol–water partition coefficient (Wildman–Crippen LogP) is 5.83. The van der Waals surface area contributed by atoms with Crippen molar-refractivity contribution in [3.63, 3.8) is 0 Å². The topological polar surface area (TPSA) is 130 Å². The number of rotatable bonds is 11. The van der Waals surface area contributed by atoms with E-state index in [1.54, 1.807) is 29.5 Å². The van der Waals surface area contributed by atoms with Crippen LogP contribution in [-0.4, -0.2) is 52.8 Å². The third-order valence-electron chi connectivity index (χ3n) is 7.12. The molecule has 1 unspecified atom stereocenters. The molecule has 5 rings (SSSR count). The highest BCUT2D eigenvalue weighted by molar-refractivity contribution is 5.87. The monoisotopic (exact) mass is 552 g/mol. The van der Waals surface area contributed by atoms with E-state index in [1.165, 1.54) is 13.4 Å². The minimum atomic E-state index is -0.985. The van der Waals surface area contributed by atoms with Gasteiger partial charge in [-0.3, -0.25) is 0 Å². The predicted molar refractivity (Wildman–Crippen MR) is 161 cm³/mol. The van der Waals surface area contributed by atoms with E-state index in [0.29, 0.717) is 0 Å². The van der Waals surface area contributed by atoms with Crippen molar-refractivity contribution < 1.29 is 9.84 Å². The molecule has 41 heavy (non-hydrogen) atoms. The molecule has 0 spiro atoms. The van der Waals surface area contributed by atoms with Crippen molar-refractivity contribution in [2.45, 2.75) is 58.8 Å². The first-order valence-electron chi connectivity index (χ1n) is 13.9. The maximum absolute atomic E-state index is 10.3. The number of nitrogen functional groups attached to an aromatic ring is 1. The van der Waals surface area contributed by atoms with Crippen molar-refractivity contribution in [2.75, 3.05) is 12.8 Å². The Kier molecular flexibility index (Phi) is 8.51. The standard InChI is InChI=1S/C31H36N8O2/c1-5-6-7-8-21(15-29(40)41-4)22-9-11-27(38-19-33-18-36-38)25(13-22)30-37-26-14-23(24-16-34-31(32)35-17-24)10-12-28(26)39(30)20(2)3/h9-20,29,40H,5-8H2,1-4H3,(H2,32,34,35). The molecule has 3 heterocycles. The van der Waals surface area contributed by atoms with Gasteiger partial charge in [-0.25, -0.2) is 24.6 Å². The molecule has 3 N–H and O–H groups in total. The molecule has 3 aromatic heterocycles. The lowest BCUT2D eigenvalue weighted by Gasteiger charge is -2.18. The number of allylic oxidation sites excluding steroid dienone is 1. The van der Waals surface area contributed by atoms with Gasteiger partial charge in [-0.2, -0.15) is 5.10 Å². The fourth-order valence-electron chi connectivity index (χ4n) is 5.05. The Hall–Kier alpha value is -4.41. The van der Waals surface area contributed by atoms with Crippen molar-refractivity contribution in [1.29, 1.82) is 0 Å². The van der Waals surface area contributed by atoms with Crippen molar-refractivity contribution in [2.24, 2.45) is 0 Å². The lowest BCUT2D eigenvalue weighted by Crippen LogP contribution is -2.08. The highest BCUT2D eigenvalue weighted by Crippen LogP contribution is 2.36. The summed E-state index contributed by atoms with van der Waals surface area (Å²) in [6.45, 7) is 6.48. The van der Waals surface area contributed by atoms with E-state index < -0.39 is 6.29 Å². The van der Waals surface area contributed by atoms with Crippen LogP contribution in [0, 0.1) is 0 Å². The summed E-state index contributed by atoms with van der Waals surface area (Å²) in [5, 5.41) is 14.8. The number of fused-ring (bicyclic) bond motifs is 1. The lowest BCUT2D eigenvalue weighted by atomic mass is 9.96. The van der Waals surface area contributed by atoms with E-state index in [4.69, 9.17) is 15.5 Å². The van der Waals surface area contributed by atoms with Crippen LogP contribution < -0.4 is 5.73 Å². The van der Waals surface area contributed by atoms with E-state index in [1.807, 2.05) is 6.07 Å².